The zero-order valence-electron chi connectivity index (χ0n) is 14.9. The molecular weight excluding hydrogens is 284 g/mol. The fraction of sp³-hybridized carbons (Fsp3) is 0.875. The van der Waals surface area contributed by atoms with E-state index in [4.69, 9.17) is 9.47 Å². The number of imide groups is 1. The molecule has 1 heterocycles. The number of nitrogens with zero attached hydrogens (tertiary/aromatic N) is 2. The van der Waals surface area contributed by atoms with Gasteiger partial charge >= 0.3 is 12.2 Å². The van der Waals surface area contributed by atoms with E-state index in [0.717, 1.165) is 24.3 Å². The fourth-order valence-corrected chi connectivity index (χ4v) is 2.34. The van der Waals surface area contributed by atoms with Crippen molar-refractivity contribution in [2.45, 2.75) is 71.6 Å². The van der Waals surface area contributed by atoms with Gasteiger partial charge in [-0.3, -0.25) is 0 Å². The maximum Gasteiger partial charge on any atom is 0.420 e. The van der Waals surface area contributed by atoms with Crippen molar-refractivity contribution in [3.05, 3.63) is 0 Å². The van der Waals surface area contributed by atoms with Gasteiger partial charge in [0.1, 0.15) is 11.2 Å². The van der Waals surface area contributed by atoms with Crippen molar-refractivity contribution in [3.8, 4) is 0 Å². The number of rotatable bonds is 1. The van der Waals surface area contributed by atoms with E-state index in [9.17, 15) is 9.59 Å². The van der Waals surface area contributed by atoms with Gasteiger partial charge in [0.15, 0.2) is 0 Å². The summed E-state index contributed by atoms with van der Waals surface area (Å²) < 4.78 is 10.8. The molecule has 0 aromatic heterocycles. The first kappa shape index (κ1) is 18.7. The van der Waals surface area contributed by atoms with E-state index < -0.39 is 23.4 Å². The molecule has 22 heavy (non-hydrogen) atoms. The van der Waals surface area contributed by atoms with Crippen LogP contribution in [0, 0.1) is 0 Å². The number of ether oxygens (including phenoxy) is 2. The molecule has 128 valence electrons. The van der Waals surface area contributed by atoms with Gasteiger partial charge in [-0.05, 0) is 68.0 Å². The zero-order valence-corrected chi connectivity index (χ0v) is 14.9. The minimum Gasteiger partial charge on any atom is -0.443 e. The van der Waals surface area contributed by atoms with Gasteiger partial charge in [-0.15, -0.1) is 0 Å². The second-order valence-corrected chi connectivity index (χ2v) is 7.89. The Labute approximate surface area is 133 Å². The molecule has 1 unspecified atom stereocenters. The molecule has 0 radical (unpaired) electrons. The summed E-state index contributed by atoms with van der Waals surface area (Å²) in [5.41, 5.74) is -1.31. The van der Waals surface area contributed by atoms with Crippen LogP contribution in [0.4, 0.5) is 9.59 Å². The Kier molecular flexibility index (Phi) is 5.84. The third-order valence-corrected chi connectivity index (χ3v) is 3.15. The van der Waals surface area contributed by atoms with Gasteiger partial charge in [0, 0.05) is 6.54 Å². The fourth-order valence-electron chi connectivity index (χ4n) is 2.34. The van der Waals surface area contributed by atoms with Crippen LogP contribution < -0.4 is 0 Å². The minimum atomic E-state index is -0.655. The molecule has 6 nitrogen and oxygen atoms in total. The van der Waals surface area contributed by atoms with E-state index in [1.807, 2.05) is 7.05 Å². The summed E-state index contributed by atoms with van der Waals surface area (Å²) in [6.07, 6.45) is 0.427. The summed E-state index contributed by atoms with van der Waals surface area (Å²) in [6, 6.07) is -0.219. The highest BCUT2D eigenvalue weighted by molar-refractivity contribution is 5.88. The van der Waals surface area contributed by atoms with E-state index in [-0.39, 0.29) is 6.04 Å². The highest BCUT2D eigenvalue weighted by Gasteiger charge is 2.37. The molecule has 6 heteroatoms. The highest BCUT2D eigenvalue weighted by atomic mass is 16.6. The Morgan fingerprint density at radius 2 is 1.45 bits per heavy atom. The van der Waals surface area contributed by atoms with Crippen molar-refractivity contribution in [3.63, 3.8) is 0 Å². The number of amides is 2. The monoisotopic (exact) mass is 314 g/mol. The Bertz CT molecular complexity index is 381. The van der Waals surface area contributed by atoms with Gasteiger partial charge in [0.2, 0.25) is 0 Å². The number of carbonyl (C=O) groups excluding carboxylic acids is 2. The summed E-state index contributed by atoms with van der Waals surface area (Å²) in [5, 5.41) is 0. The predicted molar refractivity (Wildman–Crippen MR) is 84.8 cm³/mol. The minimum absolute atomic E-state index is 0.219. The molecule has 0 saturated carbocycles. The van der Waals surface area contributed by atoms with Gasteiger partial charge in [-0.1, -0.05) is 0 Å². The molecule has 1 aliphatic heterocycles. The molecule has 0 aromatic carbocycles. The van der Waals surface area contributed by atoms with Crippen molar-refractivity contribution >= 4 is 12.2 Å². The maximum atomic E-state index is 12.5. The Hall–Kier alpha value is -1.30. The molecule has 0 aromatic rings. The number of likely N-dealkylation sites (tertiary alicyclic amines) is 1. The van der Waals surface area contributed by atoms with Crippen LogP contribution >= 0.6 is 0 Å². The lowest BCUT2D eigenvalue weighted by molar-refractivity contribution is -0.0138. The summed E-state index contributed by atoms with van der Waals surface area (Å²) in [6.45, 7) is 12.3. The normalized spacial score (nSPS) is 20.4. The van der Waals surface area contributed by atoms with Crippen molar-refractivity contribution in [1.29, 1.82) is 0 Å². The lowest BCUT2D eigenvalue weighted by atomic mass is 10.1. The lowest BCUT2D eigenvalue weighted by Crippen LogP contribution is -2.54. The SMILES string of the molecule is CN1CCCC(N(C(=O)OC(C)(C)C)C(=O)OC(C)(C)C)C1. The summed E-state index contributed by atoms with van der Waals surface area (Å²) in [4.78, 5) is 28.2. The van der Waals surface area contributed by atoms with Crippen LogP contribution in [-0.4, -0.2) is 59.4 Å². The van der Waals surface area contributed by atoms with Gasteiger partial charge in [0.25, 0.3) is 0 Å². The van der Waals surface area contributed by atoms with Crippen LogP contribution in [0.2, 0.25) is 0 Å². The van der Waals surface area contributed by atoms with Gasteiger partial charge in [-0.2, -0.15) is 0 Å². The van der Waals surface area contributed by atoms with Crippen LogP contribution in [0.5, 0.6) is 0 Å². The number of carbonyl (C=O) groups is 2. The van der Waals surface area contributed by atoms with Crippen LogP contribution in [0.15, 0.2) is 0 Å². The zero-order chi connectivity index (χ0) is 17.1. The quantitative estimate of drug-likeness (QED) is 0.743. The maximum absolute atomic E-state index is 12.5. The van der Waals surface area contributed by atoms with E-state index in [1.165, 1.54) is 0 Å². The topological polar surface area (TPSA) is 59.1 Å². The predicted octanol–water partition coefficient (Wildman–Crippen LogP) is 3.25. The van der Waals surface area contributed by atoms with Gasteiger partial charge < -0.3 is 14.4 Å². The second-order valence-electron chi connectivity index (χ2n) is 7.89. The molecule has 1 atom stereocenters. The Balaban J connectivity index is 2.93. The first-order valence-electron chi connectivity index (χ1n) is 7.83. The van der Waals surface area contributed by atoms with Gasteiger partial charge in [-0.25, -0.2) is 14.5 Å². The van der Waals surface area contributed by atoms with Crippen molar-refractivity contribution in [2.75, 3.05) is 20.1 Å². The molecule has 2 amide bonds. The first-order valence-corrected chi connectivity index (χ1v) is 7.83. The van der Waals surface area contributed by atoms with Gasteiger partial charge in [0.05, 0.1) is 6.04 Å². The molecule has 1 aliphatic rings. The first-order chi connectivity index (χ1) is 9.89. The standard InChI is InChI=1S/C16H30N2O4/c1-15(2,3)21-13(19)18(14(20)22-16(4,5)6)12-9-8-10-17(7)11-12/h12H,8-11H2,1-7H3. The molecule has 0 spiro atoms. The van der Waals surface area contributed by atoms with Crippen molar-refractivity contribution in [2.24, 2.45) is 0 Å². The van der Waals surface area contributed by atoms with Crippen LogP contribution in [-0.2, 0) is 9.47 Å². The van der Waals surface area contributed by atoms with E-state index in [0.29, 0.717) is 6.54 Å². The molecule has 1 saturated heterocycles. The molecular formula is C16H30N2O4. The number of hydrogen-bond donors (Lipinski definition) is 0. The van der Waals surface area contributed by atoms with Crippen molar-refractivity contribution < 1.29 is 19.1 Å². The number of piperidine rings is 1. The number of hydrogen-bond acceptors (Lipinski definition) is 5. The molecule has 0 aliphatic carbocycles. The second kappa shape index (κ2) is 6.86. The van der Waals surface area contributed by atoms with E-state index >= 15 is 0 Å². The largest absolute Gasteiger partial charge is 0.443 e. The third kappa shape index (κ3) is 6.22. The average Bonchev–Trinajstić information content (AvgIpc) is 2.23. The summed E-state index contributed by atoms with van der Waals surface area (Å²) >= 11 is 0. The smallest absolute Gasteiger partial charge is 0.420 e. The highest BCUT2D eigenvalue weighted by Crippen LogP contribution is 2.21. The van der Waals surface area contributed by atoms with E-state index in [1.54, 1.807) is 41.5 Å². The van der Waals surface area contributed by atoms with Crippen LogP contribution in [0.25, 0.3) is 0 Å². The molecule has 1 fully saturated rings. The van der Waals surface area contributed by atoms with E-state index in [2.05, 4.69) is 4.90 Å². The molecule has 0 N–H and O–H groups in total. The Morgan fingerprint density at radius 1 is 1.00 bits per heavy atom. The summed E-state index contributed by atoms with van der Waals surface area (Å²) in [5.74, 6) is 0. The van der Waals surface area contributed by atoms with Crippen LogP contribution in [0.3, 0.4) is 0 Å². The Morgan fingerprint density at radius 3 is 1.82 bits per heavy atom. The number of likely N-dealkylation sites (N-methyl/N-ethyl adjacent to an activating group) is 1. The third-order valence-electron chi connectivity index (χ3n) is 3.15. The lowest BCUT2D eigenvalue weighted by Gasteiger charge is -2.37. The van der Waals surface area contributed by atoms with Crippen molar-refractivity contribution in [1.82, 2.24) is 9.80 Å². The molecule has 1 rings (SSSR count). The summed E-state index contributed by atoms with van der Waals surface area (Å²) in [7, 11) is 1.98. The molecule has 0 bridgehead atoms. The average molecular weight is 314 g/mol. The van der Waals surface area contributed by atoms with Crippen LogP contribution in [0.1, 0.15) is 54.4 Å².